The van der Waals surface area contributed by atoms with E-state index in [1.807, 2.05) is 6.92 Å². The second-order valence-electron chi connectivity index (χ2n) is 7.66. The van der Waals surface area contributed by atoms with Gasteiger partial charge in [-0.1, -0.05) is 24.9 Å². The molecule has 0 aliphatic carbocycles. The molecule has 2 aliphatic rings. The Labute approximate surface area is 178 Å². The van der Waals surface area contributed by atoms with Crippen molar-refractivity contribution >= 4 is 37.4 Å². The van der Waals surface area contributed by atoms with Crippen molar-refractivity contribution in [3.8, 4) is 0 Å². The molecular weight excluding hydrogens is 436 g/mol. The van der Waals surface area contributed by atoms with E-state index in [-0.39, 0.29) is 27.0 Å². The first kappa shape index (κ1) is 22.5. The predicted molar refractivity (Wildman–Crippen MR) is 112 cm³/mol. The number of hydrogen-bond acceptors (Lipinski definition) is 5. The Morgan fingerprint density at radius 2 is 1.97 bits per heavy atom. The molecule has 1 aromatic carbocycles. The first-order chi connectivity index (χ1) is 13.7. The Balaban J connectivity index is 1.93. The lowest BCUT2D eigenvalue weighted by molar-refractivity contribution is 0.0694. The van der Waals surface area contributed by atoms with E-state index in [1.165, 1.54) is 22.5 Å². The summed E-state index contributed by atoms with van der Waals surface area (Å²) in [5.41, 5.74) is 0.104. The highest BCUT2D eigenvalue weighted by Gasteiger charge is 2.36. The molecule has 2 saturated heterocycles. The standard InChI is InChI=1S/C19H27ClN2O5S2/c1-2-3-11-22(15-8-12-28(24,25)14-15)19(23)17-13-16(6-7-18(17)20)29(26,27)21-9-4-5-10-21/h6-7,13,15H,2-5,8-12,14H2,1H3. The Kier molecular flexibility index (Phi) is 6.92. The lowest BCUT2D eigenvalue weighted by atomic mass is 10.1. The quantitative estimate of drug-likeness (QED) is 0.620. The molecule has 2 fully saturated rings. The van der Waals surface area contributed by atoms with E-state index < -0.39 is 31.8 Å². The summed E-state index contributed by atoms with van der Waals surface area (Å²) in [6.45, 7) is 3.34. The van der Waals surface area contributed by atoms with Gasteiger partial charge < -0.3 is 4.90 Å². The summed E-state index contributed by atoms with van der Waals surface area (Å²) in [7, 11) is -6.85. The highest BCUT2D eigenvalue weighted by atomic mass is 35.5. The molecule has 3 rings (SSSR count). The number of halogens is 1. The van der Waals surface area contributed by atoms with Gasteiger partial charge in [0.15, 0.2) is 9.84 Å². The molecule has 0 saturated carbocycles. The maximum absolute atomic E-state index is 13.3. The lowest BCUT2D eigenvalue weighted by Gasteiger charge is -2.29. The number of unbranched alkanes of at least 4 members (excludes halogenated alkanes) is 1. The zero-order valence-electron chi connectivity index (χ0n) is 16.5. The minimum Gasteiger partial charge on any atom is -0.335 e. The van der Waals surface area contributed by atoms with Gasteiger partial charge in [0.1, 0.15) is 0 Å². The maximum Gasteiger partial charge on any atom is 0.255 e. The fourth-order valence-electron chi connectivity index (χ4n) is 3.86. The van der Waals surface area contributed by atoms with Crippen molar-refractivity contribution < 1.29 is 21.6 Å². The van der Waals surface area contributed by atoms with Crippen molar-refractivity contribution in [3.05, 3.63) is 28.8 Å². The number of rotatable bonds is 7. The van der Waals surface area contributed by atoms with Crippen molar-refractivity contribution in [2.24, 2.45) is 0 Å². The monoisotopic (exact) mass is 462 g/mol. The van der Waals surface area contributed by atoms with Crippen molar-refractivity contribution in [1.29, 1.82) is 0 Å². The van der Waals surface area contributed by atoms with E-state index in [4.69, 9.17) is 11.6 Å². The van der Waals surface area contributed by atoms with Crippen LogP contribution in [0.4, 0.5) is 0 Å². The van der Waals surface area contributed by atoms with E-state index in [0.29, 0.717) is 26.1 Å². The smallest absolute Gasteiger partial charge is 0.255 e. The molecule has 29 heavy (non-hydrogen) atoms. The number of sulfone groups is 1. The van der Waals surface area contributed by atoms with Crippen LogP contribution in [0.5, 0.6) is 0 Å². The highest BCUT2D eigenvalue weighted by molar-refractivity contribution is 7.91. The van der Waals surface area contributed by atoms with Crippen LogP contribution < -0.4 is 0 Å². The van der Waals surface area contributed by atoms with Crippen molar-refractivity contribution in [2.45, 2.75) is 50.0 Å². The maximum atomic E-state index is 13.3. The van der Waals surface area contributed by atoms with Crippen LogP contribution in [-0.2, 0) is 19.9 Å². The van der Waals surface area contributed by atoms with Crippen LogP contribution in [0.1, 0.15) is 49.4 Å². The summed E-state index contributed by atoms with van der Waals surface area (Å²) in [4.78, 5) is 14.9. The number of carbonyl (C=O) groups excluding carboxylic acids is 1. The summed E-state index contributed by atoms with van der Waals surface area (Å²) in [6.07, 6.45) is 3.60. The zero-order valence-corrected chi connectivity index (χ0v) is 18.9. The van der Waals surface area contributed by atoms with Gasteiger partial charge >= 0.3 is 0 Å². The number of sulfonamides is 1. The summed E-state index contributed by atoms with van der Waals surface area (Å²) in [6, 6.07) is 3.78. The van der Waals surface area contributed by atoms with E-state index in [0.717, 1.165) is 25.7 Å². The second-order valence-corrected chi connectivity index (χ2v) is 12.2. The minimum atomic E-state index is -3.68. The summed E-state index contributed by atoms with van der Waals surface area (Å²) >= 11 is 6.27. The van der Waals surface area contributed by atoms with Gasteiger partial charge in [0.2, 0.25) is 10.0 Å². The van der Waals surface area contributed by atoms with Gasteiger partial charge in [-0.15, -0.1) is 0 Å². The molecule has 0 spiro atoms. The molecular formula is C19H27ClN2O5S2. The van der Waals surface area contributed by atoms with Crippen LogP contribution in [-0.4, -0.2) is 69.1 Å². The zero-order chi connectivity index (χ0) is 21.2. The number of nitrogens with zero attached hydrogens (tertiary/aromatic N) is 2. The first-order valence-corrected chi connectivity index (χ1v) is 13.6. The molecule has 2 heterocycles. The molecule has 2 aliphatic heterocycles. The Bertz CT molecular complexity index is 972. The molecule has 0 bridgehead atoms. The van der Waals surface area contributed by atoms with Crippen LogP contribution in [0.3, 0.4) is 0 Å². The topological polar surface area (TPSA) is 91.8 Å². The molecule has 1 amide bonds. The highest BCUT2D eigenvalue weighted by Crippen LogP contribution is 2.28. The lowest BCUT2D eigenvalue weighted by Crippen LogP contribution is -2.42. The number of carbonyl (C=O) groups is 1. The number of benzene rings is 1. The normalized spacial score (nSPS) is 22.1. The molecule has 7 nitrogen and oxygen atoms in total. The fourth-order valence-corrected chi connectivity index (χ4v) is 7.33. The van der Waals surface area contributed by atoms with Crippen LogP contribution >= 0.6 is 11.6 Å². The van der Waals surface area contributed by atoms with Crippen LogP contribution in [0, 0.1) is 0 Å². The van der Waals surface area contributed by atoms with E-state index in [1.54, 1.807) is 4.90 Å². The third-order valence-corrected chi connectivity index (χ3v) is 9.51. The van der Waals surface area contributed by atoms with Crippen LogP contribution in [0.2, 0.25) is 5.02 Å². The molecule has 1 atom stereocenters. The number of hydrogen-bond donors (Lipinski definition) is 0. The van der Waals surface area contributed by atoms with Gasteiger partial charge in [0.25, 0.3) is 5.91 Å². The molecule has 162 valence electrons. The van der Waals surface area contributed by atoms with Crippen molar-refractivity contribution in [3.63, 3.8) is 0 Å². The average Bonchev–Trinajstić information content (AvgIpc) is 3.32. The van der Waals surface area contributed by atoms with Crippen LogP contribution in [0.25, 0.3) is 0 Å². The molecule has 0 radical (unpaired) electrons. The van der Waals surface area contributed by atoms with Gasteiger partial charge in [-0.05, 0) is 43.9 Å². The van der Waals surface area contributed by atoms with Crippen molar-refractivity contribution in [2.75, 3.05) is 31.1 Å². The summed E-state index contributed by atoms with van der Waals surface area (Å²) in [5.74, 6) is -0.416. The average molecular weight is 463 g/mol. The molecule has 0 aromatic heterocycles. The SMILES string of the molecule is CCCCN(C(=O)c1cc(S(=O)(=O)N2CCCC2)ccc1Cl)C1CCS(=O)(=O)C1. The van der Waals surface area contributed by atoms with Crippen molar-refractivity contribution in [1.82, 2.24) is 9.21 Å². The third kappa shape index (κ3) is 4.95. The van der Waals surface area contributed by atoms with Gasteiger partial charge in [-0.25, -0.2) is 16.8 Å². The van der Waals surface area contributed by atoms with Gasteiger partial charge in [-0.2, -0.15) is 4.31 Å². The van der Waals surface area contributed by atoms with E-state index >= 15 is 0 Å². The first-order valence-electron chi connectivity index (χ1n) is 9.97. The van der Waals surface area contributed by atoms with Crippen LogP contribution in [0.15, 0.2) is 23.1 Å². The second kappa shape index (κ2) is 8.91. The predicted octanol–water partition coefficient (Wildman–Crippen LogP) is 2.55. The Hall–Kier alpha value is -1.16. The third-order valence-electron chi connectivity index (χ3n) is 5.53. The molecule has 0 N–H and O–H groups in total. The molecule has 1 aromatic rings. The molecule has 10 heteroatoms. The molecule has 1 unspecified atom stereocenters. The Morgan fingerprint density at radius 1 is 1.28 bits per heavy atom. The Morgan fingerprint density at radius 3 is 2.55 bits per heavy atom. The largest absolute Gasteiger partial charge is 0.335 e. The minimum absolute atomic E-state index is 0.0432. The number of amides is 1. The fraction of sp³-hybridized carbons (Fsp3) is 0.632. The van der Waals surface area contributed by atoms with E-state index in [2.05, 4.69) is 0 Å². The summed E-state index contributed by atoms with van der Waals surface area (Å²) in [5, 5.41) is 0.165. The van der Waals surface area contributed by atoms with E-state index in [9.17, 15) is 21.6 Å². The summed E-state index contributed by atoms with van der Waals surface area (Å²) < 4.78 is 51.0. The van der Waals surface area contributed by atoms with Gasteiger partial charge in [0.05, 0.1) is 27.0 Å². The van der Waals surface area contributed by atoms with Gasteiger partial charge in [-0.3, -0.25) is 4.79 Å². The van der Waals surface area contributed by atoms with Gasteiger partial charge in [0, 0.05) is 25.7 Å².